The highest BCUT2D eigenvalue weighted by Crippen LogP contribution is 2.33. The Morgan fingerprint density at radius 3 is 2.81 bits per heavy atom. The van der Waals surface area contributed by atoms with Crippen LogP contribution in [0, 0.1) is 6.92 Å². The number of carbonyl (C=O) groups excluding carboxylic acids is 1. The molecular formula is C16H22N2O2S. The van der Waals surface area contributed by atoms with Gasteiger partial charge in [0.2, 0.25) is 5.91 Å². The van der Waals surface area contributed by atoms with Gasteiger partial charge in [-0.1, -0.05) is 11.6 Å². The summed E-state index contributed by atoms with van der Waals surface area (Å²) in [4.78, 5) is 18.7. The average molecular weight is 306 g/mol. The first-order chi connectivity index (χ1) is 10.1. The topological polar surface area (TPSA) is 42.4 Å². The zero-order valence-corrected chi connectivity index (χ0v) is 13.5. The molecule has 0 radical (unpaired) electrons. The molecule has 4 nitrogen and oxygen atoms in total. The summed E-state index contributed by atoms with van der Waals surface area (Å²) in [7, 11) is 0. The summed E-state index contributed by atoms with van der Waals surface area (Å²) in [6, 6.07) is 0. The lowest BCUT2D eigenvalue weighted by atomic mass is 9.87. The van der Waals surface area contributed by atoms with Crippen molar-refractivity contribution in [2.45, 2.75) is 45.1 Å². The lowest BCUT2D eigenvalue weighted by Crippen LogP contribution is -2.48. The van der Waals surface area contributed by atoms with Crippen molar-refractivity contribution in [2.75, 3.05) is 19.7 Å². The van der Waals surface area contributed by atoms with Crippen molar-refractivity contribution in [3.8, 4) is 0 Å². The van der Waals surface area contributed by atoms with Gasteiger partial charge in [0.15, 0.2) is 0 Å². The van der Waals surface area contributed by atoms with E-state index in [1.54, 1.807) is 11.3 Å². The average Bonchev–Trinajstić information content (AvgIpc) is 2.84. The third-order valence-electron chi connectivity index (χ3n) is 4.36. The lowest BCUT2D eigenvalue weighted by molar-refractivity contribution is -0.135. The molecule has 0 aliphatic carbocycles. The van der Waals surface area contributed by atoms with E-state index in [1.165, 1.54) is 5.57 Å². The van der Waals surface area contributed by atoms with Crippen molar-refractivity contribution in [2.24, 2.45) is 0 Å². The highest BCUT2D eigenvalue weighted by molar-refractivity contribution is 7.09. The summed E-state index contributed by atoms with van der Waals surface area (Å²) in [5, 5.41) is 3.00. The molecule has 114 valence electrons. The zero-order valence-electron chi connectivity index (χ0n) is 12.7. The number of piperidine rings is 1. The molecule has 0 saturated carbocycles. The first-order valence-corrected chi connectivity index (χ1v) is 8.45. The number of nitrogens with zero attached hydrogens (tertiary/aromatic N) is 2. The number of amides is 1. The molecule has 0 atom stereocenters. The van der Waals surface area contributed by atoms with Crippen molar-refractivity contribution >= 4 is 17.2 Å². The Labute approximate surface area is 129 Å². The van der Waals surface area contributed by atoms with E-state index in [1.807, 2.05) is 17.2 Å². The molecule has 1 aromatic rings. The van der Waals surface area contributed by atoms with Gasteiger partial charge in [-0.15, -0.1) is 11.3 Å². The third-order valence-corrected chi connectivity index (χ3v) is 5.18. The molecule has 0 unspecified atom stereocenters. The number of aryl methyl sites for hydroxylation is 1. The van der Waals surface area contributed by atoms with E-state index < -0.39 is 0 Å². The van der Waals surface area contributed by atoms with Gasteiger partial charge in [-0.05, 0) is 33.1 Å². The van der Waals surface area contributed by atoms with Gasteiger partial charge in [0.1, 0.15) is 0 Å². The van der Waals surface area contributed by atoms with Crippen molar-refractivity contribution in [3.05, 3.63) is 27.7 Å². The van der Waals surface area contributed by atoms with Crippen LogP contribution in [0.1, 0.15) is 36.9 Å². The van der Waals surface area contributed by atoms with Crippen molar-refractivity contribution in [3.63, 3.8) is 0 Å². The number of rotatable bonds is 2. The third kappa shape index (κ3) is 3.35. The molecule has 1 aromatic heterocycles. The second-order valence-corrected chi connectivity index (χ2v) is 7.13. The Morgan fingerprint density at radius 2 is 2.19 bits per heavy atom. The number of ether oxygens (including phenoxy) is 1. The summed E-state index contributed by atoms with van der Waals surface area (Å²) in [5.74, 6) is 0.187. The summed E-state index contributed by atoms with van der Waals surface area (Å²) >= 11 is 1.60. The molecule has 2 aliphatic rings. The van der Waals surface area contributed by atoms with Crippen LogP contribution < -0.4 is 0 Å². The van der Waals surface area contributed by atoms with Gasteiger partial charge in [-0.2, -0.15) is 0 Å². The molecule has 21 heavy (non-hydrogen) atoms. The van der Waals surface area contributed by atoms with E-state index in [-0.39, 0.29) is 11.5 Å². The highest BCUT2D eigenvalue weighted by Gasteiger charge is 2.36. The van der Waals surface area contributed by atoms with E-state index in [0.29, 0.717) is 6.42 Å². The molecule has 1 spiro atoms. The van der Waals surface area contributed by atoms with Crippen LogP contribution in [-0.4, -0.2) is 41.1 Å². The highest BCUT2D eigenvalue weighted by atomic mass is 32.1. The van der Waals surface area contributed by atoms with E-state index in [2.05, 4.69) is 18.0 Å². The Bertz CT molecular complexity index is 556. The molecule has 3 heterocycles. The molecule has 2 aliphatic heterocycles. The fourth-order valence-electron chi connectivity index (χ4n) is 3.16. The largest absolute Gasteiger partial charge is 0.370 e. The quantitative estimate of drug-likeness (QED) is 0.789. The first kappa shape index (κ1) is 14.7. The predicted octanol–water partition coefficient (Wildman–Crippen LogP) is 2.72. The van der Waals surface area contributed by atoms with Crippen LogP contribution >= 0.6 is 11.3 Å². The van der Waals surface area contributed by atoms with Gasteiger partial charge in [0.05, 0.1) is 29.3 Å². The predicted molar refractivity (Wildman–Crippen MR) is 83.4 cm³/mol. The van der Waals surface area contributed by atoms with Crippen LogP contribution in [0.3, 0.4) is 0 Å². The number of hydrogen-bond donors (Lipinski definition) is 0. The minimum atomic E-state index is -0.115. The Balaban J connectivity index is 1.58. The van der Waals surface area contributed by atoms with Crippen LogP contribution in [0.5, 0.6) is 0 Å². The summed E-state index contributed by atoms with van der Waals surface area (Å²) < 4.78 is 6.00. The zero-order chi connectivity index (χ0) is 14.9. The van der Waals surface area contributed by atoms with Crippen molar-refractivity contribution < 1.29 is 9.53 Å². The Morgan fingerprint density at radius 1 is 1.43 bits per heavy atom. The maximum absolute atomic E-state index is 12.3. The monoisotopic (exact) mass is 306 g/mol. The van der Waals surface area contributed by atoms with Gasteiger partial charge >= 0.3 is 0 Å². The van der Waals surface area contributed by atoms with Gasteiger partial charge in [0, 0.05) is 18.5 Å². The van der Waals surface area contributed by atoms with Gasteiger partial charge in [-0.25, -0.2) is 4.98 Å². The first-order valence-electron chi connectivity index (χ1n) is 7.57. The van der Waals surface area contributed by atoms with Gasteiger partial charge in [0.25, 0.3) is 0 Å². The van der Waals surface area contributed by atoms with Crippen molar-refractivity contribution in [1.29, 1.82) is 0 Å². The van der Waals surface area contributed by atoms with Gasteiger partial charge < -0.3 is 9.64 Å². The maximum Gasteiger partial charge on any atom is 0.228 e. The fraction of sp³-hybridized carbons (Fsp3) is 0.625. The minimum Gasteiger partial charge on any atom is -0.370 e. The second-order valence-electron chi connectivity index (χ2n) is 6.07. The lowest BCUT2D eigenvalue weighted by Gasteiger charge is -2.42. The number of likely N-dealkylation sites (tertiary alicyclic amines) is 1. The molecule has 1 fully saturated rings. The summed E-state index contributed by atoms with van der Waals surface area (Å²) in [6.07, 6.45) is 5.56. The van der Waals surface area contributed by atoms with Crippen LogP contribution in [0.15, 0.2) is 17.0 Å². The molecule has 5 heteroatoms. The van der Waals surface area contributed by atoms with Crippen LogP contribution in [0.2, 0.25) is 0 Å². The Hall–Kier alpha value is -1.20. The van der Waals surface area contributed by atoms with Crippen LogP contribution in [0.4, 0.5) is 0 Å². The number of carbonyl (C=O) groups is 1. The number of thiazole rings is 1. The molecule has 0 aromatic carbocycles. The standard InChI is InChI=1S/C16H22N2O2S/c1-12-3-8-20-16(10-12)4-6-18(7-5-16)15(19)9-14-11-21-13(2)17-14/h10-11H,3-9H2,1-2H3. The summed E-state index contributed by atoms with van der Waals surface area (Å²) in [5.41, 5.74) is 2.20. The number of hydrogen-bond acceptors (Lipinski definition) is 4. The molecule has 1 saturated heterocycles. The van der Waals surface area contributed by atoms with Crippen LogP contribution in [-0.2, 0) is 16.0 Å². The van der Waals surface area contributed by atoms with E-state index in [9.17, 15) is 4.79 Å². The molecule has 0 bridgehead atoms. The number of aromatic nitrogens is 1. The normalized spacial score (nSPS) is 21.4. The fourth-order valence-corrected chi connectivity index (χ4v) is 3.77. The molecule has 0 N–H and O–H groups in total. The SMILES string of the molecule is CC1=CC2(CCN(C(=O)Cc3csc(C)n3)CC2)OCC1. The molecular weight excluding hydrogens is 284 g/mol. The smallest absolute Gasteiger partial charge is 0.228 e. The second kappa shape index (κ2) is 5.89. The minimum absolute atomic E-state index is 0.115. The van der Waals surface area contributed by atoms with Crippen LogP contribution in [0.25, 0.3) is 0 Å². The van der Waals surface area contributed by atoms with Gasteiger partial charge in [-0.3, -0.25) is 4.79 Å². The van der Waals surface area contributed by atoms with Crippen molar-refractivity contribution in [1.82, 2.24) is 9.88 Å². The maximum atomic E-state index is 12.3. The summed E-state index contributed by atoms with van der Waals surface area (Å²) in [6.45, 7) is 6.52. The van der Waals surface area contributed by atoms with E-state index >= 15 is 0 Å². The van der Waals surface area contributed by atoms with E-state index in [4.69, 9.17) is 4.74 Å². The van der Waals surface area contributed by atoms with E-state index in [0.717, 1.165) is 49.7 Å². The molecule has 3 rings (SSSR count). The molecule has 1 amide bonds. The Kier molecular flexibility index (Phi) is 4.13.